The third kappa shape index (κ3) is 3.39. The van der Waals surface area contributed by atoms with E-state index in [1.165, 1.54) is 4.90 Å². The topological polar surface area (TPSA) is 66.8 Å². The van der Waals surface area contributed by atoms with Gasteiger partial charge in [-0.1, -0.05) is 37.5 Å². The van der Waals surface area contributed by atoms with Gasteiger partial charge in [0.2, 0.25) is 11.8 Å². The van der Waals surface area contributed by atoms with E-state index in [0.29, 0.717) is 12.2 Å². The van der Waals surface area contributed by atoms with Crippen molar-refractivity contribution >= 4 is 11.8 Å². The second-order valence-electron chi connectivity index (χ2n) is 6.61. The number of para-hydroxylation sites is 1. The Morgan fingerprint density at radius 2 is 1.83 bits per heavy atom. The number of rotatable bonds is 5. The van der Waals surface area contributed by atoms with E-state index in [0.717, 1.165) is 32.1 Å². The fourth-order valence-corrected chi connectivity index (χ4v) is 3.64. The molecule has 3 rings (SSSR count). The van der Waals surface area contributed by atoms with Crippen molar-refractivity contribution in [1.29, 1.82) is 0 Å². The van der Waals surface area contributed by atoms with Crippen LogP contribution in [0.4, 0.5) is 0 Å². The zero-order valence-corrected chi connectivity index (χ0v) is 13.2. The van der Waals surface area contributed by atoms with Crippen LogP contribution in [0.2, 0.25) is 0 Å². The maximum absolute atomic E-state index is 12.7. The summed E-state index contributed by atoms with van der Waals surface area (Å²) in [4.78, 5) is 26.1. The fourth-order valence-electron chi connectivity index (χ4n) is 3.64. The van der Waals surface area contributed by atoms with Gasteiger partial charge in [0.25, 0.3) is 0 Å². The van der Waals surface area contributed by atoms with Crippen molar-refractivity contribution in [3.05, 3.63) is 30.3 Å². The van der Waals surface area contributed by atoms with Gasteiger partial charge in [0, 0.05) is 6.42 Å². The number of hydrogen-bond acceptors (Lipinski definition) is 4. The summed E-state index contributed by atoms with van der Waals surface area (Å²) in [6.07, 6.45) is 4.17. The monoisotopic (exact) mass is 317 g/mol. The van der Waals surface area contributed by atoms with Crippen LogP contribution in [0.5, 0.6) is 5.75 Å². The maximum atomic E-state index is 12.7. The molecule has 1 saturated heterocycles. The number of benzene rings is 1. The lowest BCUT2D eigenvalue weighted by Crippen LogP contribution is -2.42. The van der Waals surface area contributed by atoms with Crippen molar-refractivity contribution in [2.45, 2.75) is 44.6 Å². The van der Waals surface area contributed by atoms with E-state index in [1.807, 2.05) is 18.2 Å². The number of ether oxygens (including phenoxy) is 1. The molecule has 2 fully saturated rings. The highest BCUT2D eigenvalue weighted by atomic mass is 16.5. The van der Waals surface area contributed by atoms with Gasteiger partial charge < -0.3 is 9.84 Å². The van der Waals surface area contributed by atoms with Crippen molar-refractivity contribution < 1.29 is 19.4 Å². The van der Waals surface area contributed by atoms with Crippen molar-refractivity contribution in [3.8, 4) is 5.75 Å². The fraction of sp³-hybridized carbons (Fsp3) is 0.556. The molecular weight excluding hydrogens is 294 g/mol. The molecule has 2 aliphatic rings. The molecule has 124 valence electrons. The Balaban J connectivity index is 1.56. The number of likely N-dealkylation sites (tertiary alicyclic amines) is 1. The van der Waals surface area contributed by atoms with Crippen LogP contribution in [0.15, 0.2) is 30.3 Å². The number of carbonyl (C=O) groups excluding carboxylic acids is 2. The summed E-state index contributed by atoms with van der Waals surface area (Å²) in [5.41, 5.74) is -0.491. The van der Waals surface area contributed by atoms with Gasteiger partial charge in [-0.05, 0) is 25.0 Å². The lowest BCUT2D eigenvalue weighted by molar-refractivity contribution is -0.144. The van der Waals surface area contributed by atoms with E-state index in [4.69, 9.17) is 4.74 Å². The molecule has 5 nitrogen and oxygen atoms in total. The van der Waals surface area contributed by atoms with E-state index in [9.17, 15) is 14.7 Å². The molecule has 1 heterocycles. The van der Waals surface area contributed by atoms with Crippen LogP contribution in [0.25, 0.3) is 0 Å². The Labute approximate surface area is 136 Å². The Hall–Kier alpha value is -1.88. The van der Waals surface area contributed by atoms with Gasteiger partial charge in [-0.25, -0.2) is 0 Å². The summed E-state index contributed by atoms with van der Waals surface area (Å²) in [6.45, 7) is 0.0837. The van der Waals surface area contributed by atoms with E-state index in [2.05, 4.69) is 0 Å². The predicted octanol–water partition coefficient (Wildman–Crippen LogP) is 2.14. The highest BCUT2D eigenvalue weighted by Gasteiger charge is 2.51. The van der Waals surface area contributed by atoms with Crippen LogP contribution >= 0.6 is 0 Å². The predicted molar refractivity (Wildman–Crippen MR) is 84.8 cm³/mol. The van der Waals surface area contributed by atoms with Crippen LogP contribution < -0.4 is 4.74 Å². The highest BCUT2D eigenvalue weighted by Crippen LogP contribution is 2.45. The van der Waals surface area contributed by atoms with Crippen molar-refractivity contribution in [1.82, 2.24) is 4.90 Å². The molecule has 1 aliphatic carbocycles. The summed E-state index contributed by atoms with van der Waals surface area (Å²) in [7, 11) is 0. The molecule has 0 unspecified atom stereocenters. The Kier molecular flexibility index (Phi) is 4.66. The number of aliphatic hydroxyl groups excluding tert-OH is 1. The van der Waals surface area contributed by atoms with Crippen molar-refractivity contribution in [3.63, 3.8) is 0 Å². The van der Waals surface area contributed by atoms with Gasteiger partial charge in [-0.15, -0.1) is 0 Å². The van der Waals surface area contributed by atoms with Crippen LogP contribution in [0.3, 0.4) is 0 Å². The molecule has 0 aromatic heterocycles. The second-order valence-corrected chi connectivity index (χ2v) is 6.61. The van der Waals surface area contributed by atoms with Gasteiger partial charge in [0.1, 0.15) is 18.5 Å². The number of amides is 2. The normalized spacial score (nSPS) is 21.7. The standard InChI is InChI=1S/C18H23NO4/c20-14(13-23-15-7-3-1-4-8-15)12-19-16(21)11-18(17(19)22)9-5-2-6-10-18/h1,3-4,7-8,14,20H,2,5-6,9-13H2/t14-/m1/s1. The first-order valence-electron chi connectivity index (χ1n) is 8.31. The van der Waals surface area contributed by atoms with E-state index >= 15 is 0 Å². The van der Waals surface area contributed by atoms with Crippen molar-refractivity contribution in [2.24, 2.45) is 5.41 Å². The number of aliphatic hydroxyl groups is 1. The quantitative estimate of drug-likeness (QED) is 0.845. The lowest BCUT2D eigenvalue weighted by atomic mass is 9.73. The summed E-state index contributed by atoms with van der Waals surface area (Å²) >= 11 is 0. The number of carbonyl (C=O) groups is 2. The first kappa shape index (κ1) is 16.0. The minimum atomic E-state index is -0.873. The Morgan fingerprint density at radius 1 is 1.13 bits per heavy atom. The van der Waals surface area contributed by atoms with Crippen LogP contribution in [0.1, 0.15) is 38.5 Å². The molecule has 1 spiro atoms. The summed E-state index contributed by atoms with van der Waals surface area (Å²) in [5.74, 6) is 0.408. The first-order chi connectivity index (χ1) is 11.1. The molecule has 1 aromatic rings. The van der Waals surface area contributed by atoms with Crippen LogP contribution in [-0.4, -0.2) is 41.1 Å². The largest absolute Gasteiger partial charge is 0.491 e. The van der Waals surface area contributed by atoms with Gasteiger partial charge in [0.05, 0.1) is 12.0 Å². The third-order valence-electron chi connectivity index (χ3n) is 4.88. The molecule has 1 aliphatic heterocycles. The van der Waals surface area contributed by atoms with Crippen LogP contribution in [0, 0.1) is 5.41 Å². The molecule has 1 aromatic carbocycles. The SMILES string of the molecule is O=C1CC2(CCCCC2)C(=O)N1C[C@@H](O)COc1ccccc1. The molecule has 5 heteroatoms. The molecule has 1 N–H and O–H groups in total. The van der Waals surface area contributed by atoms with Gasteiger partial charge in [-0.3, -0.25) is 14.5 Å². The van der Waals surface area contributed by atoms with E-state index in [-0.39, 0.29) is 25.0 Å². The summed E-state index contributed by atoms with van der Waals surface area (Å²) in [5, 5.41) is 10.1. The van der Waals surface area contributed by atoms with Gasteiger partial charge in [-0.2, -0.15) is 0 Å². The summed E-state index contributed by atoms with van der Waals surface area (Å²) in [6, 6.07) is 9.18. The molecule has 1 saturated carbocycles. The van der Waals surface area contributed by atoms with Gasteiger partial charge >= 0.3 is 0 Å². The first-order valence-corrected chi connectivity index (χ1v) is 8.31. The molecule has 23 heavy (non-hydrogen) atoms. The Bertz CT molecular complexity index is 566. The van der Waals surface area contributed by atoms with Crippen molar-refractivity contribution in [2.75, 3.05) is 13.2 Å². The smallest absolute Gasteiger partial charge is 0.235 e. The minimum absolute atomic E-state index is 0.0201. The minimum Gasteiger partial charge on any atom is -0.491 e. The van der Waals surface area contributed by atoms with Gasteiger partial charge in [0.15, 0.2) is 0 Å². The molecule has 2 amide bonds. The molecule has 0 radical (unpaired) electrons. The maximum Gasteiger partial charge on any atom is 0.235 e. The average molecular weight is 317 g/mol. The molecule has 1 atom stereocenters. The zero-order valence-electron chi connectivity index (χ0n) is 13.2. The number of β-amino-alcohol motifs (C(OH)–C–C–N with tert-alkyl or cyclic N) is 1. The number of nitrogens with zero attached hydrogens (tertiary/aromatic N) is 1. The molecular formula is C18H23NO4. The number of hydrogen-bond donors (Lipinski definition) is 1. The lowest BCUT2D eigenvalue weighted by Gasteiger charge is -2.30. The van der Waals surface area contributed by atoms with Crippen LogP contribution in [-0.2, 0) is 9.59 Å². The Morgan fingerprint density at radius 3 is 2.52 bits per heavy atom. The molecule has 0 bridgehead atoms. The van der Waals surface area contributed by atoms with E-state index < -0.39 is 11.5 Å². The average Bonchev–Trinajstić information content (AvgIpc) is 2.79. The van der Waals surface area contributed by atoms with E-state index in [1.54, 1.807) is 12.1 Å². The number of imide groups is 1. The second kappa shape index (κ2) is 6.71. The highest BCUT2D eigenvalue weighted by molar-refractivity contribution is 6.05. The third-order valence-corrected chi connectivity index (χ3v) is 4.88. The summed E-state index contributed by atoms with van der Waals surface area (Å²) < 4.78 is 5.49. The zero-order chi connectivity index (χ0) is 16.3.